The first-order valence-electron chi connectivity index (χ1n) is 5.86. The van der Waals surface area contributed by atoms with Crippen molar-refractivity contribution in [2.45, 2.75) is 13.8 Å². The van der Waals surface area contributed by atoms with E-state index in [0.717, 1.165) is 0 Å². The molecule has 5 nitrogen and oxygen atoms in total. The SMILES string of the molecule is CCNC(=O)CN(CC)C(=O)c1cnc(Cl)c(Cl)c1. The second-order valence-electron chi connectivity index (χ2n) is 3.77. The molecule has 1 N–H and O–H groups in total. The third-order valence-corrected chi connectivity index (χ3v) is 3.11. The fourth-order valence-electron chi connectivity index (χ4n) is 1.47. The summed E-state index contributed by atoms with van der Waals surface area (Å²) in [6, 6.07) is 1.44. The van der Waals surface area contributed by atoms with Gasteiger partial charge < -0.3 is 10.2 Å². The van der Waals surface area contributed by atoms with Crippen LogP contribution in [0.5, 0.6) is 0 Å². The van der Waals surface area contributed by atoms with Crippen LogP contribution in [0.4, 0.5) is 0 Å². The van der Waals surface area contributed by atoms with Gasteiger partial charge in [-0.25, -0.2) is 4.98 Å². The van der Waals surface area contributed by atoms with Crippen molar-refractivity contribution in [1.82, 2.24) is 15.2 Å². The zero-order valence-corrected chi connectivity index (χ0v) is 12.3. The van der Waals surface area contributed by atoms with Crippen LogP contribution < -0.4 is 5.32 Å². The van der Waals surface area contributed by atoms with Crippen molar-refractivity contribution in [2.75, 3.05) is 19.6 Å². The molecule has 0 aliphatic carbocycles. The summed E-state index contributed by atoms with van der Waals surface area (Å²) in [4.78, 5) is 28.9. The van der Waals surface area contributed by atoms with E-state index in [0.29, 0.717) is 18.7 Å². The molecule has 0 aliphatic heterocycles. The summed E-state index contributed by atoms with van der Waals surface area (Å²) < 4.78 is 0. The predicted molar refractivity (Wildman–Crippen MR) is 74.5 cm³/mol. The van der Waals surface area contributed by atoms with Gasteiger partial charge in [-0.15, -0.1) is 0 Å². The Kier molecular flexibility index (Phi) is 6.05. The molecule has 0 aromatic carbocycles. The number of rotatable bonds is 5. The van der Waals surface area contributed by atoms with Crippen molar-refractivity contribution in [3.8, 4) is 0 Å². The Balaban J connectivity index is 2.83. The van der Waals surface area contributed by atoms with Crippen molar-refractivity contribution in [3.05, 3.63) is 28.0 Å². The van der Waals surface area contributed by atoms with E-state index in [-0.39, 0.29) is 28.5 Å². The molecule has 0 saturated carbocycles. The van der Waals surface area contributed by atoms with Gasteiger partial charge in [-0.2, -0.15) is 0 Å². The normalized spacial score (nSPS) is 10.1. The molecule has 1 aromatic heterocycles. The van der Waals surface area contributed by atoms with Crippen molar-refractivity contribution < 1.29 is 9.59 Å². The Hall–Kier alpha value is -1.33. The number of aromatic nitrogens is 1. The number of amides is 2. The van der Waals surface area contributed by atoms with Crippen LogP contribution in [0.2, 0.25) is 10.2 Å². The highest BCUT2D eigenvalue weighted by Crippen LogP contribution is 2.20. The average molecular weight is 304 g/mol. The van der Waals surface area contributed by atoms with E-state index in [9.17, 15) is 9.59 Å². The van der Waals surface area contributed by atoms with Gasteiger partial charge in [0.15, 0.2) is 0 Å². The molecule has 1 heterocycles. The average Bonchev–Trinajstić information content (AvgIpc) is 2.38. The Bertz CT molecular complexity index is 480. The number of hydrogen-bond acceptors (Lipinski definition) is 3. The lowest BCUT2D eigenvalue weighted by atomic mass is 10.2. The lowest BCUT2D eigenvalue weighted by Crippen LogP contribution is -2.40. The van der Waals surface area contributed by atoms with Crippen molar-refractivity contribution >= 4 is 35.0 Å². The summed E-state index contributed by atoms with van der Waals surface area (Å²) in [6.07, 6.45) is 1.34. The number of halogens is 2. The second-order valence-corrected chi connectivity index (χ2v) is 4.53. The number of nitrogens with zero attached hydrogens (tertiary/aromatic N) is 2. The monoisotopic (exact) mass is 303 g/mol. The highest BCUT2D eigenvalue weighted by atomic mass is 35.5. The van der Waals surface area contributed by atoms with E-state index >= 15 is 0 Å². The number of likely N-dealkylation sites (N-methyl/N-ethyl adjacent to an activating group) is 2. The molecule has 0 aliphatic rings. The number of carbonyl (C=O) groups is 2. The fraction of sp³-hybridized carbons (Fsp3) is 0.417. The molecule has 0 spiro atoms. The minimum Gasteiger partial charge on any atom is -0.355 e. The third-order valence-electron chi connectivity index (χ3n) is 2.42. The number of hydrogen-bond donors (Lipinski definition) is 1. The summed E-state index contributed by atoms with van der Waals surface area (Å²) >= 11 is 11.5. The summed E-state index contributed by atoms with van der Waals surface area (Å²) in [6.45, 7) is 4.56. The quantitative estimate of drug-likeness (QED) is 0.846. The molecule has 7 heteroatoms. The van der Waals surface area contributed by atoms with Gasteiger partial charge in [-0.3, -0.25) is 9.59 Å². The van der Waals surface area contributed by atoms with Crippen LogP contribution in [0, 0.1) is 0 Å². The summed E-state index contributed by atoms with van der Waals surface area (Å²) in [7, 11) is 0. The first-order valence-corrected chi connectivity index (χ1v) is 6.62. The Labute approximate surface area is 121 Å². The number of nitrogens with one attached hydrogen (secondary N) is 1. The molecular weight excluding hydrogens is 289 g/mol. The molecule has 0 atom stereocenters. The van der Waals surface area contributed by atoms with E-state index in [4.69, 9.17) is 23.2 Å². The molecule has 19 heavy (non-hydrogen) atoms. The molecule has 0 saturated heterocycles. The lowest BCUT2D eigenvalue weighted by molar-refractivity contribution is -0.121. The van der Waals surface area contributed by atoms with Gasteiger partial charge in [0.25, 0.3) is 5.91 Å². The van der Waals surface area contributed by atoms with E-state index < -0.39 is 0 Å². The summed E-state index contributed by atoms with van der Waals surface area (Å²) in [5, 5.41) is 2.99. The molecule has 1 aromatic rings. The highest BCUT2D eigenvalue weighted by Gasteiger charge is 2.18. The Morgan fingerprint density at radius 3 is 2.58 bits per heavy atom. The molecule has 0 radical (unpaired) electrons. The maximum absolute atomic E-state index is 12.2. The van der Waals surface area contributed by atoms with Gasteiger partial charge >= 0.3 is 0 Å². The van der Waals surface area contributed by atoms with Gasteiger partial charge in [0.05, 0.1) is 17.1 Å². The minimum atomic E-state index is -0.306. The Morgan fingerprint density at radius 1 is 1.37 bits per heavy atom. The largest absolute Gasteiger partial charge is 0.355 e. The van der Waals surface area contributed by atoms with Gasteiger partial charge in [0, 0.05) is 19.3 Å². The van der Waals surface area contributed by atoms with Gasteiger partial charge in [0.1, 0.15) is 5.15 Å². The van der Waals surface area contributed by atoms with Crippen LogP contribution in [0.1, 0.15) is 24.2 Å². The third kappa shape index (κ3) is 4.36. The lowest BCUT2D eigenvalue weighted by Gasteiger charge is -2.20. The van der Waals surface area contributed by atoms with Gasteiger partial charge in [-0.1, -0.05) is 23.2 Å². The number of pyridine rings is 1. The van der Waals surface area contributed by atoms with Crippen molar-refractivity contribution in [2.24, 2.45) is 0 Å². The maximum Gasteiger partial charge on any atom is 0.255 e. The highest BCUT2D eigenvalue weighted by molar-refractivity contribution is 6.41. The first kappa shape index (κ1) is 15.7. The maximum atomic E-state index is 12.2. The van der Waals surface area contributed by atoms with Crippen LogP contribution in [-0.2, 0) is 4.79 Å². The summed E-state index contributed by atoms with van der Waals surface area (Å²) in [5.41, 5.74) is 0.306. The molecule has 0 unspecified atom stereocenters. The topological polar surface area (TPSA) is 62.3 Å². The minimum absolute atomic E-state index is 0.00339. The Morgan fingerprint density at radius 2 is 2.05 bits per heavy atom. The van der Waals surface area contributed by atoms with E-state index in [1.807, 2.05) is 6.92 Å². The molecule has 104 valence electrons. The molecular formula is C12H15Cl2N3O2. The zero-order chi connectivity index (χ0) is 14.4. The zero-order valence-electron chi connectivity index (χ0n) is 10.7. The van der Waals surface area contributed by atoms with Crippen LogP contribution in [-0.4, -0.2) is 41.3 Å². The van der Waals surface area contributed by atoms with E-state index in [1.54, 1.807) is 6.92 Å². The summed E-state index contributed by atoms with van der Waals surface area (Å²) in [5.74, 6) is -0.509. The second kappa shape index (κ2) is 7.31. The molecule has 1 rings (SSSR count). The van der Waals surface area contributed by atoms with E-state index in [1.165, 1.54) is 17.2 Å². The van der Waals surface area contributed by atoms with Crippen LogP contribution >= 0.6 is 23.2 Å². The number of carbonyl (C=O) groups excluding carboxylic acids is 2. The van der Waals surface area contributed by atoms with Crippen LogP contribution in [0.15, 0.2) is 12.3 Å². The fourth-order valence-corrected chi connectivity index (χ4v) is 1.74. The van der Waals surface area contributed by atoms with Crippen molar-refractivity contribution in [1.29, 1.82) is 0 Å². The molecule has 0 fully saturated rings. The first-order chi connectivity index (χ1) is 8.99. The standard InChI is InChI=1S/C12H15Cl2N3O2/c1-3-15-10(18)7-17(4-2)12(19)8-5-9(13)11(14)16-6-8/h5-6H,3-4,7H2,1-2H3,(H,15,18). The van der Waals surface area contributed by atoms with Gasteiger partial charge in [0.2, 0.25) is 5.91 Å². The van der Waals surface area contributed by atoms with Crippen molar-refractivity contribution in [3.63, 3.8) is 0 Å². The van der Waals surface area contributed by atoms with Crippen LogP contribution in [0.3, 0.4) is 0 Å². The smallest absolute Gasteiger partial charge is 0.255 e. The predicted octanol–water partition coefficient (Wildman–Crippen LogP) is 1.99. The molecule has 2 amide bonds. The molecule has 0 bridgehead atoms. The van der Waals surface area contributed by atoms with Gasteiger partial charge in [-0.05, 0) is 19.9 Å². The van der Waals surface area contributed by atoms with Crippen LogP contribution in [0.25, 0.3) is 0 Å². The van der Waals surface area contributed by atoms with E-state index in [2.05, 4.69) is 10.3 Å².